The molecule has 0 aliphatic carbocycles. The van der Waals surface area contributed by atoms with Gasteiger partial charge in [-0.05, 0) is 26.3 Å². The fourth-order valence-corrected chi connectivity index (χ4v) is 2.76. The summed E-state index contributed by atoms with van der Waals surface area (Å²) >= 11 is 0. The number of nitrogens with one attached hydrogen (secondary N) is 1. The summed E-state index contributed by atoms with van der Waals surface area (Å²) in [7, 11) is 0. The smallest absolute Gasteiger partial charge is 0.239 e. The monoisotopic (exact) mass is 225 g/mol. The molecular formula is C12H23N3O. The van der Waals surface area contributed by atoms with E-state index in [9.17, 15) is 4.79 Å². The van der Waals surface area contributed by atoms with Crippen molar-refractivity contribution in [3.63, 3.8) is 0 Å². The maximum absolute atomic E-state index is 12.0. The molecule has 2 saturated heterocycles. The lowest BCUT2D eigenvalue weighted by Crippen LogP contribution is -2.58. The number of amides is 1. The number of hydrogen-bond donors (Lipinski definition) is 1. The predicted octanol–water partition coefficient (Wildman–Crippen LogP) is 0.291. The molecule has 0 spiro atoms. The van der Waals surface area contributed by atoms with Crippen molar-refractivity contribution in [2.24, 2.45) is 0 Å². The van der Waals surface area contributed by atoms with Gasteiger partial charge in [0.2, 0.25) is 5.91 Å². The summed E-state index contributed by atoms with van der Waals surface area (Å²) in [6.45, 7) is 9.44. The second-order valence-corrected chi connectivity index (χ2v) is 4.87. The highest BCUT2D eigenvalue weighted by Crippen LogP contribution is 2.18. The number of piperazine rings is 1. The average Bonchev–Trinajstić information content (AvgIpc) is 2.33. The first-order valence-electron chi connectivity index (χ1n) is 6.48. The molecule has 0 aromatic heterocycles. The lowest BCUT2D eigenvalue weighted by atomic mass is 10.0. The zero-order valence-electron chi connectivity index (χ0n) is 10.4. The van der Waals surface area contributed by atoms with Crippen molar-refractivity contribution in [2.75, 3.05) is 32.7 Å². The van der Waals surface area contributed by atoms with Crippen LogP contribution in [0.3, 0.4) is 0 Å². The minimum Gasteiger partial charge on any atom is -0.337 e. The first kappa shape index (κ1) is 11.9. The minimum absolute atomic E-state index is 0.0120. The van der Waals surface area contributed by atoms with Crippen molar-refractivity contribution >= 4 is 5.91 Å². The SMILES string of the molecule is CCN1CCC(N2CCNC(C)C2=O)CC1. The number of carbonyl (C=O) groups excluding carboxylic acids is 1. The lowest BCUT2D eigenvalue weighted by Gasteiger charge is -2.41. The Labute approximate surface area is 98.0 Å². The zero-order chi connectivity index (χ0) is 11.5. The summed E-state index contributed by atoms with van der Waals surface area (Å²) in [6.07, 6.45) is 2.29. The van der Waals surface area contributed by atoms with Crippen LogP contribution in [0.2, 0.25) is 0 Å². The third-order valence-corrected chi connectivity index (χ3v) is 3.90. The van der Waals surface area contributed by atoms with Gasteiger partial charge in [0.05, 0.1) is 6.04 Å². The fourth-order valence-electron chi connectivity index (χ4n) is 2.76. The zero-order valence-corrected chi connectivity index (χ0v) is 10.4. The summed E-state index contributed by atoms with van der Waals surface area (Å²) in [5.41, 5.74) is 0. The summed E-state index contributed by atoms with van der Waals surface area (Å²) in [4.78, 5) is 16.6. The third kappa shape index (κ3) is 2.38. The summed E-state index contributed by atoms with van der Waals surface area (Å²) in [5, 5.41) is 3.22. The van der Waals surface area contributed by atoms with Crippen LogP contribution in [0.4, 0.5) is 0 Å². The average molecular weight is 225 g/mol. The third-order valence-electron chi connectivity index (χ3n) is 3.90. The first-order chi connectivity index (χ1) is 7.72. The molecule has 2 heterocycles. The van der Waals surface area contributed by atoms with Crippen LogP contribution in [0, 0.1) is 0 Å². The Morgan fingerprint density at radius 2 is 2.00 bits per heavy atom. The van der Waals surface area contributed by atoms with Crippen LogP contribution >= 0.6 is 0 Å². The highest BCUT2D eigenvalue weighted by molar-refractivity contribution is 5.82. The van der Waals surface area contributed by atoms with Crippen LogP contribution in [0.5, 0.6) is 0 Å². The molecule has 0 aromatic carbocycles. The molecule has 4 nitrogen and oxygen atoms in total. The van der Waals surface area contributed by atoms with Gasteiger partial charge in [0.1, 0.15) is 0 Å². The predicted molar refractivity (Wildman–Crippen MR) is 64.3 cm³/mol. The molecule has 92 valence electrons. The maximum Gasteiger partial charge on any atom is 0.239 e. The van der Waals surface area contributed by atoms with E-state index < -0.39 is 0 Å². The van der Waals surface area contributed by atoms with Crippen molar-refractivity contribution in [1.29, 1.82) is 0 Å². The second-order valence-electron chi connectivity index (χ2n) is 4.87. The summed E-state index contributed by atoms with van der Waals surface area (Å²) in [6, 6.07) is 0.498. The normalized spacial score (nSPS) is 29.8. The second kappa shape index (κ2) is 5.15. The van der Waals surface area contributed by atoms with Gasteiger partial charge in [-0.1, -0.05) is 6.92 Å². The van der Waals surface area contributed by atoms with Gasteiger partial charge in [0, 0.05) is 32.2 Å². The molecule has 0 saturated carbocycles. The molecule has 4 heteroatoms. The van der Waals surface area contributed by atoms with E-state index in [0.717, 1.165) is 45.6 Å². The highest BCUT2D eigenvalue weighted by atomic mass is 16.2. The van der Waals surface area contributed by atoms with Gasteiger partial charge in [0.15, 0.2) is 0 Å². The van der Waals surface area contributed by atoms with E-state index in [0.29, 0.717) is 11.9 Å². The fraction of sp³-hybridized carbons (Fsp3) is 0.917. The number of likely N-dealkylation sites (tertiary alicyclic amines) is 1. The van der Waals surface area contributed by atoms with Gasteiger partial charge in [-0.2, -0.15) is 0 Å². The Kier molecular flexibility index (Phi) is 3.82. The molecule has 1 atom stereocenters. The topological polar surface area (TPSA) is 35.6 Å². The molecule has 2 aliphatic rings. The molecule has 1 N–H and O–H groups in total. The van der Waals surface area contributed by atoms with Gasteiger partial charge < -0.3 is 15.1 Å². The van der Waals surface area contributed by atoms with Crippen molar-refractivity contribution < 1.29 is 4.79 Å². The van der Waals surface area contributed by atoms with Crippen LogP contribution < -0.4 is 5.32 Å². The van der Waals surface area contributed by atoms with Crippen molar-refractivity contribution in [2.45, 2.75) is 38.8 Å². The molecule has 16 heavy (non-hydrogen) atoms. The molecule has 0 bridgehead atoms. The highest BCUT2D eigenvalue weighted by Gasteiger charge is 2.32. The van der Waals surface area contributed by atoms with Gasteiger partial charge in [0.25, 0.3) is 0 Å². The number of carbonyl (C=O) groups is 1. The largest absolute Gasteiger partial charge is 0.337 e. The van der Waals surface area contributed by atoms with E-state index in [1.54, 1.807) is 0 Å². The Morgan fingerprint density at radius 3 is 2.62 bits per heavy atom. The standard InChI is InChI=1S/C12H23N3O/c1-3-14-7-4-11(5-8-14)15-9-6-13-10(2)12(15)16/h10-11,13H,3-9H2,1-2H3. The number of piperidine rings is 1. The van der Waals surface area contributed by atoms with Crippen LogP contribution in [0.25, 0.3) is 0 Å². The summed E-state index contributed by atoms with van der Waals surface area (Å²) in [5.74, 6) is 0.293. The van der Waals surface area contributed by atoms with Crippen molar-refractivity contribution in [3.8, 4) is 0 Å². The van der Waals surface area contributed by atoms with Crippen LogP contribution in [-0.4, -0.2) is 60.5 Å². The molecule has 2 fully saturated rings. The van der Waals surface area contributed by atoms with E-state index in [1.165, 1.54) is 0 Å². The Morgan fingerprint density at radius 1 is 1.31 bits per heavy atom. The van der Waals surface area contributed by atoms with Crippen LogP contribution in [0.15, 0.2) is 0 Å². The van der Waals surface area contributed by atoms with Gasteiger partial charge >= 0.3 is 0 Å². The molecular weight excluding hydrogens is 202 g/mol. The van der Waals surface area contributed by atoms with E-state index in [2.05, 4.69) is 22.0 Å². The number of rotatable bonds is 2. The first-order valence-corrected chi connectivity index (χ1v) is 6.48. The molecule has 1 unspecified atom stereocenters. The quantitative estimate of drug-likeness (QED) is 0.734. The molecule has 2 rings (SSSR count). The van der Waals surface area contributed by atoms with E-state index in [-0.39, 0.29) is 6.04 Å². The van der Waals surface area contributed by atoms with Gasteiger partial charge in [-0.25, -0.2) is 0 Å². The number of nitrogens with zero attached hydrogens (tertiary/aromatic N) is 2. The van der Waals surface area contributed by atoms with E-state index in [1.807, 2.05) is 6.92 Å². The Balaban J connectivity index is 1.90. The Bertz CT molecular complexity index is 249. The van der Waals surface area contributed by atoms with Gasteiger partial charge in [-0.15, -0.1) is 0 Å². The molecule has 1 amide bonds. The van der Waals surface area contributed by atoms with Crippen molar-refractivity contribution in [1.82, 2.24) is 15.1 Å². The van der Waals surface area contributed by atoms with E-state index >= 15 is 0 Å². The summed E-state index contributed by atoms with van der Waals surface area (Å²) < 4.78 is 0. The molecule has 0 radical (unpaired) electrons. The van der Waals surface area contributed by atoms with E-state index in [4.69, 9.17) is 0 Å². The van der Waals surface area contributed by atoms with Crippen LogP contribution in [0.1, 0.15) is 26.7 Å². The Hall–Kier alpha value is -0.610. The van der Waals surface area contributed by atoms with Crippen molar-refractivity contribution in [3.05, 3.63) is 0 Å². The van der Waals surface area contributed by atoms with Crippen LogP contribution in [-0.2, 0) is 4.79 Å². The molecule has 0 aromatic rings. The molecule has 2 aliphatic heterocycles. The number of hydrogen-bond acceptors (Lipinski definition) is 3. The minimum atomic E-state index is 0.0120. The maximum atomic E-state index is 12.0. The lowest BCUT2D eigenvalue weighted by molar-refractivity contribution is -0.138. The van der Waals surface area contributed by atoms with Gasteiger partial charge in [-0.3, -0.25) is 4.79 Å².